The Bertz CT molecular complexity index is 219. The van der Waals surface area contributed by atoms with Gasteiger partial charge in [-0.15, -0.1) is 0 Å². The third-order valence-corrected chi connectivity index (χ3v) is 3.26. The van der Waals surface area contributed by atoms with E-state index in [1.54, 1.807) is 0 Å². The standard InChI is InChI=1S/C11H22N2O2/c1-7(2)8(3)11(15)13-5-9-4-12-6-10(9)14/h7-10,12,14H,4-6H2,1-3H3,(H,13,15). The molecular weight excluding hydrogens is 192 g/mol. The van der Waals surface area contributed by atoms with Gasteiger partial charge in [0.15, 0.2) is 0 Å². The third kappa shape index (κ3) is 3.47. The lowest BCUT2D eigenvalue weighted by Crippen LogP contribution is -2.38. The molecule has 0 aromatic carbocycles. The van der Waals surface area contributed by atoms with Gasteiger partial charge in [-0.1, -0.05) is 20.8 Å². The van der Waals surface area contributed by atoms with Crippen molar-refractivity contribution in [1.82, 2.24) is 10.6 Å². The molecule has 0 aromatic rings. The number of amides is 1. The van der Waals surface area contributed by atoms with Gasteiger partial charge in [0.05, 0.1) is 6.10 Å². The number of aliphatic hydroxyl groups is 1. The Kier molecular flexibility index (Phi) is 4.54. The van der Waals surface area contributed by atoms with Gasteiger partial charge in [0, 0.05) is 31.5 Å². The van der Waals surface area contributed by atoms with Gasteiger partial charge >= 0.3 is 0 Å². The van der Waals surface area contributed by atoms with E-state index in [0.717, 1.165) is 6.54 Å². The fourth-order valence-corrected chi connectivity index (χ4v) is 1.62. The molecule has 0 radical (unpaired) electrons. The fraction of sp³-hybridized carbons (Fsp3) is 0.909. The van der Waals surface area contributed by atoms with Crippen molar-refractivity contribution in [2.24, 2.45) is 17.8 Å². The number of hydrogen-bond acceptors (Lipinski definition) is 3. The Balaban J connectivity index is 2.27. The van der Waals surface area contributed by atoms with Crippen molar-refractivity contribution >= 4 is 5.91 Å². The molecule has 4 heteroatoms. The first-order valence-corrected chi connectivity index (χ1v) is 5.69. The Hall–Kier alpha value is -0.610. The summed E-state index contributed by atoms with van der Waals surface area (Å²) in [6, 6.07) is 0. The summed E-state index contributed by atoms with van der Waals surface area (Å²) >= 11 is 0. The number of β-amino-alcohol motifs (C(OH)–C–C–N with tert-alkyl or cyclic N) is 1. The molecule has 1 fully saturated rings. The first kappa shape index (κ1) is 12.5. The molecule has 0 aliphatic carbocycles. The summed E-state index contributed by atoms with van der Waals surface area (Å²) in [4.78, 5) is 11.6. The largest absolute Gasteiger partial charge is 0.391 e. The second-order valence-electron chi connectivity index (χ2n) is 4.76. The minimum atomic E-state index is -0.320. The van der Waals surface area contributed by atoms with Gasteiger partial charge in [-0.25, -0.2) is 0 Å². The van der Waals surface area contributed by atoms with Crippen LogP contribution >= 0.6 is 0 Å². The number of nitrogens with one attached hydrogen (secondary N) is 2. The molecule has 0 spiro atoms. The third-order valence-electron chi connectivity index (χ3n) is 3.26. The molecule has 1 rings (SSSR count). The molecule has 1 amide bonds. The maximum Gasteiger partial charge on any atom is 0.223 e. The Morgan fingerprint density at radius 1 is 1.47 bits per heavy atom. The van der Waals surface area contributed by atoms with E-state index in [9.17, 15) is 9.90 Å². The number of rotatable bonds is 4. The quantitative estimate of drug-likeness (QED) is 0.616. The van der Waals surface area contributed by atoms with Crippen LogP contribution in [0.15, 0.2) is 0 Å². The Morgan fingerprint density at radius 2 is 2.13 bits per heavy atom. The summed E-state index contributed by atoms with van der Waals surface area (Å²) in [5, 5.41) is 15.5. The molecule has 4 nitrogen and oxygen atoms in total. The van der Waals surface area contributed by atoms with Crippen LogP contribution in [-0.2, 0) is 4.79 Å². The number of carbonyl (C=O) groups is 1. The highest BCUT2D eigenvalue weighted by Gasteiger charge is 2.26. The molecule has 1 saturated heterocycles. The monoisotopic (exact) mass is 214 g/mol. The first-order chi connectivity index (χ1) is 7.02. The maximum absolute atomic E-state index is 11.6. The maximum atomic E-state index is 11.6. The molecule has 0 aromatic heterocycles. The number of hydrogen-bond donors (Lipinski definition) is 3. The van der Waals surface area contributed by atoms with Gasteiger partial charge in [0.2, 0.25) is 5.91 Å². The lowest BCUT2D eigenvalue weighted by atomic mass is 9.97. The molecule has 1 aliphatic heterocycles. The molecule has 88 valence electrons. The average Bonchev–Trinajstić information content (AvgIpc) is 2.59. The van der Waals surface area contributed by atoms with Crippen LogP contribution in [0.25, 0.3) is 0 Å². The molecular formula is C11H22N2O2. The Labute approximate surface area is 91.4 Å². The van der Waals surface area contributed by atoms with Gasteiger partial charge in [0.25, 0.3) is 0 Å². The molecule has 3 N–H and O–H groups in total. The van der Waals surface area contributed by atoms with Crippen molar-refractivity contribution in [3.63, 3.8) is 0 Å². The minimum Gasteiger partial charge on any atom is -0.391 e. The number of carbonyl (C=O) groups excluding carboxylic acids is 1. The zero-order valence-electron chi connectivity index (χ0n) is 9.79. The zero-order chi connectivity index (χ0) is 11.4. The molecule has 1 aliphatic rings. The first-order valence-electron chi connectivity index (χ1n) is 5.69. The van der Waals surface area contributed by atoms with E-state index in [0.29, 0.717) is 19.0 Å². The fourth-order valence-electron chi connectivity index (χ4n) is 1.62. The van der Waals surface area contributed by atoms with Crippen LogP contribution in [0, 0.1) is 17.8 Å². The molecule has 0 bridgehead atoms. The van der Waals surface area contributed by atoms with E-state index in [4.69, 9.17) is 0 Å². The summed E-state index contributed by atoms with van der Waals surface area (Å²) in [7, 11) is 0. The lowest BCUT2D eigenvalue weighted by Gasteiger charge is -2.18. The predicted molar refractivity (Wildman–Crippen MR) is 59.4 cm³/mol. The van der Waals surface area contributed by atoms with Crippen LogP contribution in [0.4, 0.5) is 0 Å². The van der Waals surface area contributed by atoms with Crippen LogP contribution < -0.4 is 10.6 Å². The normalized spacial score (nSPS) is 28.1. The van der Waals surface area contributed by atoms with Crippen molar-refractivity contribution in [1.29, 1.82) is 0 Å². The van der Waals surface area contributed by atoms with Gasteiger partial charge in [-0.3, -0.25) is 4.79 Å². The molecule has 1 heterocycles. The molecule has 3 atom stereocenters. The van der Waals surface area contributed by atoms with Crippen molar-refractivity contribution in [3.8, 4) is 0 Å². The summed E-state index contributed by atoms with van der Waals surface area (Å²) in [5.41, 5.74) is 0. The van der Waals surface area contributed by atoms with Crippen LogP contribution in [0.3, 0.4) is 0 Å². The van der Waals surface area contributed by atoms with Crippen LogP contribution in [0.2, 0.25) is 0 Å². The summed E-state index contributed by atoms with van der Waals surface area (Å²) in [6.45, 7) is 8.01. The number of aliphatic hydroxyl groups excluding tert-OH is 1. The van der Waals surface area contributed by atoms with Crippen LogP contribution in [0.1, 0.15) is 20.8 Å². The zero-order valence-corrected chi connectivity index (χ0v) is 9.79. The van der Waals surface area contributed by atoms with E-state index in [2.05, 4.69) is 10.6 Å². The minimum absolute atomic E-state index is 0.0384. The van der Waals surface area contributed by atoms with Gasteiger partial charge < -0.3 is 15.7 Å². The molecule has 3 unspecified atom stereocenters. The van der Waals surface area contributed by atoms with Crippen LogP contribution in [0.5, 0.6) is 0 Å². The van der Waals surface area contributed by atoms with Crippen molar-refractivity contribution in [2.45, 2.75) is 26.9 Å². The van der Waals surface area contributed by atoms with E-state index in [-0.39, 0.29) is 23.8 Å². The lowest BCUT2D eigenvalue weighted by molar-refractivity contribution is -0.125. The van der Waals surface area contributed by atoms with Crippen molar-refractivity contribution in [3.05, 3.63) is 0 Å². The van der Waals surface area contributed by atoms with Crippen LogP contribution in [-0.4, -0.2) is 36.8 Å². The second kappa shape index (κ2) is 5.47. The van der Waals surface area contributed by atoms with E-state index < -0.39 is 0 Å². The van der Waals surface area contributed by atoms with E-state index in [1.807, 2.05) is 20.8 Å². The average molecular weight is 214 g/mol. The molecule has 15 heavy (non-hydrogen) atoms. The van der Waals surface area contributed by atoms with E-state index in [1.165, 1.54) is 0 Å². The highest BCUT2D eigenvalue weighted by molar-refractivity contribution is 5.78. The summed E-state index contributed by atoms with van der Waals surface area (Å²) in [6.07, 6.45) is -0.320. The topological polar surface area (TPSA) is 61.4 Å². The highest BCUT2D eigenvalue weighted by atomic mass is 16.3. The summed E-state index contributed by atoms with van der Waals surface area (Å²) < 4.78 is 0. The van der Waals surface area contributed by atoms with Crippen molar-refractivity contribution in [2.75, 3.05) is 19.6 Å². The molecule has 0 saturated carbocycles. The second-order valence-corrected chi connectivity index (χ2v) is 4.76. The highest BCUT2D eigenvalue weighted by Crippen LogP contribution is 2.11. The predicted octanol–water partition coefficient (Wildman–Crippen LogP) is -0.0250. The smallest absolute Gasteiger partial charge is 0.223 e. The summed E-state index contributed by atoms with van der Waals surface area (Å²) in [5.74, 6) is 0.644. The Morgan fingerprint density at radius 3 is 2.60 bits per heavy atom. The van der Waals surface area contributed by atoms with E-state index >= 15 is 0 Å². The SMILES string of the molecule is CC(C)C(C)C(=O)NCC1CNCC1O. The van der Waals surface area contributed by atoms with Gasteiger partial charge in [-0.05, 0) is 5.92 Å². The van der Waals surface area contributed by atoms with Gasteiger partial charge in [0.1, 0.15) is 0 Å². The van der Waals surface area contributed by atoms with Crippen molar-refractivity contribution < 1.29 is 9.90 Å². The van der Waals surface area contributed by atoms with Gasteiger partial charge in [-0.2, -0.15) is 0 Å².